The van der Waals surface area contributed by atoms with E-state index < -0.39 is 0 Å². The summed E-state index contributed by atoms with van der Waals surface area (Å²) >= 11 is 3.43. The standard InChI is InChI=1S/C17H21BrN6O2/c1-5-24-15-13(21-16(24)18)14(19)22-17(23-15)20-9(2)10-6-7-11(25-3)12(8-10)26-4/h6-9H,5H2,1-4H3,(H3,19,20,22,23). The Bertz CT molecular complexity index is 943. The molecule has 26 heavy (non-hydrogen) atoms. The summed E-state index contributed by atoms with van der Waals surface area (Å²) in [6, 6.07) is 5.70. The van der Waals surface area contributed by atoms with Crippen LogP contribution in [0.1, 0.15) is 25.5 Å². The van der Waals surface area contributed by atoms with Crippen LogP contribution in [-0.4, -0.2) is 33.7 Å². The van der Waals surface area contributed by atoms with Crippen LogP contribution in [0.4, 0.5) is 11.8 Å². The van der Waals surface area contributed by atoms with Crippen molar-refractivity contribution in [2.24, 2.45) is 0 Å². The number of fused-ring (bicyclic) bond motifs is 1. The van der Waals surface area contributed by atoms with Gasteiger partial charge in [-0.1, -0.05) is 6.07 Å². The second-order valence-electron chi connectivity index (χ2n) is 5.71. The third-order valence-corrected chi connectivity index (χ3v) is 4.75. The maximum atomic E-state index is 6.07. The molecule has 0 aliphatic heterocycles. The van der Waals surface area contributed by atoms with Gasteiger partial charge in [-0.3, -0.25) is 0 Å². The van der Waals surface area contributed by atoms with E-state index in [0.717, 1.165) is 12.1 Å². The summed E-state index contributed by atoms with van der Waals surface area (Å²) < 4.78 is 13.3. The zero-order chi connectivity index (χ0) is 18.8. The van der Waals surface area contributed by atoms with Crippen molar-refractivity contribution in [2.45, 2.75) is 26.4 Å². The molecular formula is C17H21BrN6O2. The SMILES string of the molecule is CCn1c(Br)nc2c(N)nc(NC(C)c3ccc(OC)c(OC)c3)nc21. The fourth-order valence-corrected chi connectivity index (χ4v) is 3.34. The average Bonchev–Trinajstić information content (AvgIpc) is 2.96. The zero-order valence-corrected chi connectivity index (χ0v) is 16.7. The van der Waals surface area contributed by atoms with Crippen LogP contribution < -0.4 is 20.5 Å². The molecule has 0 fully saturated rings. The Kier molecular flexibility index (Phi) is 5.17. The number of aromatic nitrogens is 4. The van der Waals surface area contributed by atoms with Crippen LogP contribution >= 0.6 is 15.9 Å². The van der Waals surface area contributed by atoms with Crippen LogP contribution in [0.25, 0.3) is 11.2 Å². The predicted octanol–water partition coefficient (Wildman–Crippen LogP) is 3.38. The lowest BCUT2D eigenvalue weighted by atomic mass is 10.1. The Morgan fingerprint density at radius 1 is 1.19 bits per heavy atom. The molecule has 2 aromatic heterocycles. The molecule has 0 amide bonds. The number of hydrogen-bond donors (Lipinski definition) is 2. The van der Waals surface area contributed by atoms with Gasteiger partial charge in [0.05, 0.1) is 20.3 Å². The quantitative estimate of drug-likeness (QED) is 0.589. The van der Waals surface area contributed by atoms with Crippen LogP contribution in [-0.2, 0) is 6.54 Å². The summed E-state index contributed by atoms with van der Waals surface area (Å²) in [5.74, 6) is 2.13. The first-order chi connectivity index (χ1) is 12.5. The molecule has 9 heteroatoms. The van der Waals surface area contributed by atoms with E-state index in [2.05, 4.69) is 36.2 Å². The minimum absolute atomic E-state index is 0.0619. The van der Waals surface area contributed by atoms with Crippen molar-refractivity contribution in [3.05, 3.63) is 28.5 Å². The maximum Gasteiger partial charge on any atom is 0.227 e. The molecule has 1 atom stereocenters. The summed E-state index contributed by atoms with van der Waals surface area (Å²) in [6.45, 7) is 4.75. The number of nitrogens with zero attached hydrogens (tertiary/aromatic N) is 4. The van der Waals surface area contributed by atoms with Crippen LogP contribution in [0.5, 0.6) is 11.5 Å². The number of aryl methyl sites for hydroxylation is 1. The number of halogens is 1. The third-order valence-electron chi connectivity index (χ3n) is 4.14. The molecule has 1 aromatic carbocycles. The number of rotatable bonds is 6. The molecule has 0 saturated heterocycles. The van der Waals surface area contributed by atoms with Gasteiger partial charge in [-0.15, -0.1) is 0 Å². The largest absolute Gasteiger partial charge is 0.493 e. The van der Waals surface area contributed by atoms with Crippen LogP contribution in [0.3, 0.4) is 0 Å². The van der Waals surface area contributed by atoms with Crippen LogP contribution in [0.2, 0.25) is 0 Å². The predicted molar refractivity (Wildman–Crippen MR) is 105 cm³/mol. The molecule has 138 valence electrons. The highest BCUT2D eigenvalue weighted by Crippen LogP contribution is 2.31. The third kappa shape index (κ3) is 3.26. The Labute approximate surface area is 159 Å². The van der Waals surface area contributed by atoms with Crippen molar-refractivity contribution in [3.8, 4) is 11.5 Å². The summed E-state index contributed by atoms with van der Waals surface area (Å²) in [5.41, 5.74) is 8.35. The Morgan fingerprint density at radius 2 is 1.92 bits per heavy atom. The number of hydrogen-bond acceptors (Lipinski definition) is 7. The number of nitrogen functional groups attached to an aromatic ring is 1. The summed E-state index contributed by atoms with van der Waals surface area (Å²) in [7, 11) is 3.22. The van der Waals surface area contributed by atoms with Gasteiger partial charge in [-0.05, 0) is 47.5 Å². The Balaban J connectivity index is 1.93. The molecule has 3 N–H and O–H groups in total. The van der Waals surface area contributed by atoms with Gasteiger partial charge in [0.1, 0.15) is 0 Å². The van der Waals surface area contributed by atoms with Crippen molar-refractivity contribution < 1.29 is 9.47 Å². The molecule has 3 aromatic rings. The Hall–Kier alpha value is -2.55. The number of ether oxygens (including phenoxy) is 2. The first-order valence-electron chi connectivity index (χ1n) is 8.16. The Morgan fingerprint density at radius 3 is 2.58 bits per heavy atom. The fourth-order valence-electron chi connectivity index (χ4n) is 2.74. The number of imidazole rings is 1. The van der Waals surface area contributed by atoms with Crippen molar-refractivity contribution in [2.75, 3.05) is 25.3 Å². The molecule has 0 aliphatic rings. The first kappa shape index (κ1) is 18.2. The molecule has 2 heterocycles. The molecular weight excluding hydrogens is 400 g/mol. The minimum Gasteiger partial charge on any atom is -0.493 e. The number of methoxy groups -OCH3 is 2. The van der Waals surface area contributed by atoms with Crippen LogP contribution in [0, 0.1) is 0 Å². The summed E-state index contributed by atoms with van der Waals surface area (Å²) in [6.07, 6.45) is 0. The second-order valence-corrected chi connectivity index (χ2v) is 6.42. The second kappa shape index (κ2) is 7.36. The molecule has 0 radical (unpaired) electrons. The van der Waals surface area contributed by atoms with Gasteiger partial charge >= 0.3 is 0 Å². The lowest BCUT2D eigenvalue weighted by Crippen LogP contribution is -2.11. The molecule has 0 saturated carbocycles. The molecule has 3 rings (SSSR count). The molecule has 0 spiro atoms. The van der Waals surface area contributed by atoms with E-state index in [0.29, 0.717) is 39.2 Å². The van der Waals surface area contributed by atoms with Gasteiger partial charge in [0.15, 0.2) is 33.2 Å². The number of anilines is 2. The highest BCUT2D eigenvalue weighted by atomic mass is 79.9. The molecule has 0 aliphatic carbocycles. The van der Waals surface area contributed by atoms with Crippen molar-refractivity contribution in [3.63, 3.8) is 0 Å². The lowest BCUT2D eigenvalue weighted by molar-refractivity contribution is 0.354. The first-order valence-corrected chi connectivity index (χ1v) is 8.95. The van der Waals surface area contributed by atoms with E-state index in [1.54, 1.807) is 14.2 Å². The monoisotopic (exact) mass is 420 g/mol. The fraction of sp³-hybridized carbons (Fsp3) is 0.353. The van der Waals surface area contributed by atoms with E-state index >= 15 is 0 Å². The van der Waals surface area contributed by atoms with Gasteiger partial charge in [-0.25, -0.2) is 4.98 Å². The smallest absolute Gasteiger partial charge is 0.227 e. The van der Waals surface area contributed by atoms with Crippen molar-refractivity contribution >= 4 is 38.9 Å². The molecule has 1 unspecified atom stereocenters. The van der Waals surface area contributed by atoms with Crippen molar-refractivity contribution in [1.29, 1.82) is 0 Å². The van der Waals surface area contributed by atoms with E-state index in [9.17, 15) is 0 Å². The average molecular weight is 421 g/mol. The topological polar surface area (TPSA) is 100 Å². The van der Waals surface area contributed by atoms with Crippen LogP contribution in [0.15, 0.2) is 22.9 Å². The van der Waals surface area contributed by atoms with E-state index in [1.165, 1.54) is 0 Å². The maximum absolute atomic E-state index is 6.07. The zero-order valence-electron chi connectivity index (χ0n) is 15.1. The molecule has 0 bridgehead atoms. The lowest BCUT2D eigenvalue weighted by Gasteiger charge is -2.17. The van der Waals surface area contributed by atoms with E-state index in [1.807, 2.05) is 36.6 Å². The van der Waals surface area contributed by atoms with Gasteiger partial charge in [0.25, 0.3) is 0 Å². The number of nitrogens with one attached hydrogen (secondary N) is 1. The van der Waals surface area contributed by atoms with E-state index in [-0.39, 0.29) is 6.04 Å². The van der Waals surface area contributed by atoms with E-state index in [4.69, 9.17) is 15.2 Å². The number of benzene rings is 1. The highest BCUT2D eigenvalue weighted by Gasteiger charge is 2.16. The number of nitrogens with two attached hydrogens (primary N) is 1. The van der Waals surface area contributed by atoms with Gasteiger partial charge in [0, 0.05) is 6.54 Å². The highest BCUT2D eigenvalue weighted by molar-refractivity contribution is 9.10. The van der Waals surface area contributed by atoms with Gasteiger partial charge < -0.3 is 25.1 Å². The van der Waals surface area contributed by atoms with Crippen molar-refractivity contribution in [1.82, 2.24) is 19.5 Å². The molecule has 8 nitrogen and oxygen atoms in total. The van der Waals surface area contributed by atoms with Gasteiger partial charge in [0.2, 0.25) is 5.95 Å². The van der Waals surface area contributed by atoms with Gasteiger partial charge in [-0.2, -0.15) is 9.97 Å². The minimum atomic E-state index is -0.0619. The summed E-state index contributed by atoms with van der Waals surface area (Å²) in [5, 5.41) is 3.29. The normalized spacial score (nSPS) is 12.2. The summed E-state index contributed by atoms with van der Waals surface area (Å²) in [4.78, 5) is 13.3.